The number of anilines is 1. The SMILES string of the molecule is CCC1CCC(C(=O)Nc2ccc(C)c(OC)c2)CC1.CCOC(=O)c1cccc(C(C)=O)c1CC. The van der Waals surface area contributed by atoms with Gasteiger partial charge in [0, 0.05) is 23.2 Å². The third kappa shape index (κ3) is 7.94. The van der Waals surface area contributed by atoms with Gasteiger partial charge in [-0.1, -0.05) is 38.5 Å². The zero-order valence-electron chi connectivity index (χ0n) is 22.6. The van der Waals surface area contributed by atoms with E-state index in [4.69, 9.17) is 9.47 Å². The predicted octanol–water partition coefficient (Wildman–Crippen LogP) is 6.79. The van der Waals surface area contributed by atoms with Crippen molar-refractivity contribution in [2.75, 3.05) is 19.0 Å². The van der Waals surface area contributed by atoms with Crippen molar-refractivity contribution in [3.05, 3.63) is 58.7 Å². The highest BCUT2D eigenvalue weighted by atomic mass is 16.5. The maximum absolute atomic E-state index is 12.3. The molecular weight excluding hydrogens is 454 g/mol. The number of carbonyl (C=O) groups is 3. The van der Waals surface area contributed by atoms with Crippen LogP contribution >= 0.6 is 0 Å². The van der Waals surface area contributed by atoms with Crippen LogP contribution < -0.4 is 10.1 Å². The van der Waals surface area contributed by atoms with Gasteiger partial charge in [0.1, 0.15) is 5.75 Å². The molecule has 2 aromatic carbocycles. The van der Waals surface area contributed by atoms with E-state index in [9.17, 15) is 14.4 Å². The summed E-state index contributed by atoms with van der Waals surface area (Å²) in [6, 6.07) is 11.0. The van der Waals surface area contributed by atoms with Crippen LogP contribution in [0.2, 0.25) is 0 Å². The van der Waals surface area contributed by atoms with Crippen molar-refractivity contribution in [1.29, 1.82) is 0 Å². The first-order valence-electron chi connectivity index (χ1n) is 13.0. The molecule has 1 fully saturated rings. The molecule has 0 atom stereocenters. The summed E-state index contributed by atoms with van der Waals surface area (Å²) in [4.78, 5) is 35.4. The van der Waals surface area contributed by atoms with Crippen molar-refractivity contribution in [3.8, 4) is 5.75 Å². The van der Waals surface area contributed by atoms with Crippen LogP contribution in [0.1, 0.15) is 91.6 Å². The van der Waals surface area contributed by atoms with E-state index in [0.717, 1.165) is 41.3 Å². The molecule has 0 aromatic heterocycles. The van der Waals surface area contributed by atoms with E-state index in [-0.39, 0.29) is 23.6 Å². The topological polar surface area (TPSA) is 81.7 Å². The Morgan fingerprint density at radius 1 is 0.972 bits per heavy atom. The molecule has 1 aliphatic carbocycles. The van der Waals surface area contributed by atoms with Crippen LogP contribution in [-0.4, -0.2) is 31.4 Å². The zero-order valence-corrected chi connectivity index (χ0v) is 22.6. The number of aryl methyl sites for hydroxylation is 1. The molecule has 0 aliphatic heterocycles. The third-order valence-corrected chi connectivity index (χ3v) is 6.87. The number of rotatable bonds is 8. The molecular formula is C30H41NO5. The van der Waals surface area contributed by atoms with Crippen molar-refractivity contribution in [3.63, 3.8) is 0 Å². The summed E-state index contributed by atoms with van der Waals surface area (Å²) in [7, 11) is 1.65. The molecule has 3 rings (SSSR count). The molecule has 0 bridgehead atoms. The van der Waals surface area contributed by atoms with Gasteiger partial charge in [-0.3, -0.25) is 9.59 Å². The van der Waals surface area contributed by atoms with Crippen LogP contribution in [0.5, 0.6) is 5.75 Å². The first kappa shape index (κ1) is 29.1. The molecule has 1 aliphatic rings. The first-order chi connectivity index (χ1) is 17.2. The summed E-state index contributed by atoms with van der Waals surface area (Å²) in [6.45, 7) is 9.76. The van der Waals surface area contributed by atoms with Crippen LogP contribution in [0.15, 0.2) is 36.4 Å². The summed E-state index contributed by atoms with van der Waals surface area (Å²) in [5, 5.41) is 3.03. The highest BCUT2D eigenvalue weighted by Gasteiger charge is 2.25. The number of ether oxygens (including phenoxy) is 2. The molecule has 1 N–H and O–H groups in total. The van der Waals surface area contributed by atoms with Crippen molar-refractivity contribution in [1.82, 2.24) is 0 Å². The Bertz CT molecular complexity index is 1040. The molecule has 0 unspecified atom stereocenters. The summed E-state index contributed by atoms with van der Waals surface area (Å²) in [6.07, 6.45) is 6.30. The number of hydrogen-bond donors (Lipinski definition) is 1. The number of nitrogens with one attached hydrogen (secondary N) is 1. The van der Waals surface area contributed by atoms with Gasteiger partial charge in [0.05, 0.1) is 19.3 Å². The quantitative estimate of drug-likeness (QED) is 0.322. The number of hydrogen-bond acceptors (Lipinski definition) is 5. The van der Waals surface area contributed by atoms with Gasteiger partial charge in [0.15, 0.2) is 5.78 Å². The van der Waals surface area contributed by atoms with Gasteiger partial charge in [0.2, 0.25) is 5.91 Å². The zero-order chi connectivity index (χ0) is 26.7. The van der Waals surface area contributed by atoms with Crippen LogP contribution in [0.25, 0.3) is 0 Å². The Hall–Kier alpha value is -3.15. The highest BCUT2D eigenvalue weighted by Crippen LogP contribution is 2.31. The molecule has 6 nitrogen and oxygen atoms in total. The lowest BCUT2D eigenvalue weighted by atomic mass is 9.80. The molecule has 6 heteroatoms. The summed E-state index contributed by atoms with van der Waals surface area (Å²) >= 11 is 0. The van der Waals surface area contributed by atoms with E-state index < -0.39 is 0 Å². The summed E-state index contributed by atoms with van der Waals surface area (Å²) in [5.74, 6) is 1.58. The number of Topliss-reactive ketones (excluding diaryl/α,β-unsaturated/α-hetero) is 1. The number of amides is 1. The first-order valence-corrected chi connectivity index (χ1v) is 13.0. The maximum atomic E-state index is 12.3. The van der Waals surface area contributed by atoms with Gasteiger partial charge < -0.3 is 14.8 Å². The van der Waals surface area contributed by atoms with Gasteiger partial charge in [-0.05, 0) is 82.1 Å². The Balaban J connectivity index is 0.000000261. The minimum atomic E-state index is -0.359. The Labute approximate surface area is 215 Å². The average molecular weight is 496 g/mol. The van der Waals surface area contributed by atoms with Gasteiger partial charge >= 0.3 is 5.97 Å². The lowest BCUT2D eigenvalue weighted by Gasteiger charge is -2.27. The lowest BCUT2D eigenvalue weighted by molar-refractivity contribution is -0.121. The maximum Gasteiger partial charge on any atom is 0.338 e. The van der Waals surface area contributed by atoms with E-state index in [0.29, 0.717) is 24.2 Å². The van der Waals surface area contributed by atoms with Crippen molar-refractivity contribution < 1.29 is 23.9 Å². The minimum absolute atomic E-state index is 0.0250. The molecule has 2 aromatic rings. The Morgan fingerprint density at radius 2 is 1.64 bits per heavy atom. The van der Waals surface area contributed by atoms with E-state index in [1.165, 1.54) is 26.2 Å². The van der Waals surface area contributed by atoms with Gasteiger partial charge in [-0.2, -0.15) is 0 Å². The molecule has 0 spiro atoms. The van der Waals surface area contributed by atoms with Crippen LogP contribution in [0.4, 0.5) is 5.69 Å². The monoisotopic (exact) mass is 495 g/mol. The van der Waals surface area contributed by atoms with E-state index in [2.05, 4.69) is 12.2 Å². The number of ketones is 1. The fourth-order valence-electron chi connectivity index (χ4n) is 4.67. The lowest BCUT2D eigenvalue weighted by Crippen LogP contribution is -2.27. The molecule has 1 saturated carbocycles. The smallest absolute Gasteiger partial charge is 0.338 e. The van der Waals surface area contributed by atoms with Crippen molar-refractivity contribution in [2.24, 2.45) is 11.8 Å². The second-order valence-electron chi connectivity index (χ2n) is 9.26. The fraction of sp³-hybridized carbons (Fsp3) is 0.500. The minimum Gasteiger partial charge on any atom is -0.496 e. The Kier molecular flexibility index (Phi) is 11.6. The number of methoxy groups -OCH3 is 1. The van der Waals surface area contributed by atoms with E-state index in [1.54, 1.807) is 32.2 Å². The van der Waals surface area contributed by atoms with Crippen molar-refractivity contribution in [2.45, 2.75) is 73.1 Å². The molecule has 36 heavy (non-hydrogen) atoms. The molecule has 0 radical (unpaired) electrons. The average Bonchev–Trinajstić information content (AvgIpc) is 2.89. The number of carbonyl (C=O) groups excluding carboxylic acids is 3. The van der Waals surface area contributed by atoms with E-state index in [1.807, 2.05) is 32.0 Å². The van der Waals surface area contributed by atoms with Crippen LogP contribution in [0.3, 0.4) is 0 Å². The largest absolute Gasteiger partial charge is 0.496 e. The summed E-state index contributed by atoms with van der Waals surface area (Å²) < 4.78 is 10.2. The molecule has 0 saturated heterocycles. The van der Waals surface area contributed by atoms with Gasteiger partial charge in [-0.15, -0.1) is 0 Å². The second kappa shape index (κ2) is 14.4. The van der Waals surface area contributed by atoms with E-state index >= 15 is 0 Å². The molecule has 0 heterocycles. The summed E-state index contributed by atoms with van der Waals surface area (Å²) in [5.41, 5.74) is 3.78. The molecule has 196 valence electrons. The van der Waals surface area contributed by atoms with Gasteiger partial charge in [-0.25, -0.2) is 4.79 Å². The predicted molar refractivity (Wildman–Crippen MR) is 144 cm³/mol. The van der Waals surface area contributed by atoms with Crippen molar-refractivity contribution >= 4 is 23.3 Å². The molecule has 1 amide bonds. The van der Waals surface area contributed by atoms with Crippen LogP contribution in [0, 0.1) is 18.8 Å². The second-order valence-corrected chi connectivity index (χ2v) is 9.26. The standard InChI is InChI=1S/C17H25NO2.C13H16O3/c1-4-13-6-8-14(9-7-13)17(19)18-15-10-5-12(2)16(11-15)20-3;1-4-10-11(9(3)14)7-6-8-12(10)13(15)16-5-2/h5,10-11,13-14H,4,6-9H2,1-3H3,(H,18,19);6-8H,4-5H2,1-3H3. The Morgan fingerprint density at radius 3 is 2.19 bits per heavy atom. The van der Waals surface area contributed by atoms with Gasteiger partial charge in [0.25, 0.3) is 0 Å². The normalized spacial score (nSPS) is 16.8. The highest BCUT2D eigenvalue weighted by molar-refractivity contribution is 6.00. The number of esters is 1. The van der Waals surface area contributed by atoms with Crippen LogP contribution in [-0.2, 0) is 16.0 Å². The number of benzene rings is 2. The fourth-order valence-corrected chi connectivity index (χ4v) is 4.67. The third-order valence-electron chi connectivity index (χ3n) is 6.87.